The number of fused-ring (bicyclic) bond motifs is 6. The largest absolute Gasteiger partial charge is 0.437 e. The molecule has 0 unspecified atom stereocenters. The lowest BCUT2D eigenvalue weighted by atomic mass is 10.2. The van der Waals surface area contributed by atoms with Crippen molar-refractivity contribution in [3.8, 4) is 0 Å². The minimum atomic E-state index is -0.102. The maximum Gasteiger partial charge on any atom is 0.236 e. The van der Waals surface area contributed by atoms with Crippen LogP contribution in [0.25, 0.3) is 38.7 Å². The van der Waals surface area contributed by atoms with Crippen LogP contribution in [0.5, 0.6) is 0 Å². The van der Waals surface area contributed by atoms with Gasteiger partial charge in [0.05, 0.1) is 16.4 Å². The van der Waals surface area contributed by atoms with E-state index in [-0.39, 0.29) is 5.43 Å². The number of hydrogen-bond acceptors (Lipinski definition) is 4. The van der Waals surface area contributed by atoms with E-state index in [2.05, 4.69) is 9.97 Å². The van der Waals surface area contributed by atoms with E-state index in [1.54, 1.807) is 12.1 Å². The molecule has 5 aromatic rings. The van der Waals surface area contributed by atoms with Gasteiger partial charge >= 0.3 is 0 Å². The summed E-state index contributed by atoms with van der Waals surface area (Å²) >= 11 is 0. The molecule has 3 aromatic heterocycles. The van der Waals surface area contributed by atoms with Crippen LogP contribution < -0.4 is 5.43 Å². The summed E-state index contributed by atoms with van der Waals surface area (Å²) in [5.41, 5.74) is 3.12. The van der Waals surface area contributed by atoms with Gasteiger partial charge in [0.2, 0.25) is 11.1 Å². The molecule has 2 aromatic carbocycles. The molecule has 0 atom stereocenters. The van der Waals surface area contributed by atoms with Gasteiger partial charge in [0, 0.05) is 0 Å². The Hall–Kier alpha value is -3.21. The molecule has 0 bridgehead atoms. The number of nitrogens with zero attached hydrogens (tertiary/aromatic N) is 3. The number of benzene rings is 2. The molecule has 0 aliphatic carbocycles. The molecule has 0 spiro atoms. The Balaban J connectivity index is 2.15. The molecule has 0 aliphatic heterocycles. The van der Waals surface area contributed by atoms with Gasteiger partial charge in [-0.25, -0.2) is 4.98 Å². The zero-order valence-electron chi connectivity index (χ0n) is 12.3. The van der Waals surface area contributed by atoms with Crippen molar-refractivity contribution in [2.45, 2.75) is 6.92 Å². The van der Waals surface area contributed by atoms with E-state index >= 15 is 0 Å². The summed E-state index contributed by atoms with van der Waals surface area (Å²) in [7, 11) is 0. The third kappa shape index (κ3) is 1.53. The van der Waals surface area contributed by atoms with E-state index in [0.29, 0.717) is 27.7 Å². The Kier molecular flexibility index (Phi) is 2.24. The van der Waals surface area contributed by atoms with Crippen LogP contribution in [0.3, 0.4) is 0 Å². The standard InChI is InChI=1S/C18H11N3O2/c1-10-19-18-15(16(22)11-6-2-5-9-14(11)23-18)17-20-12-7-3-4-8-13(12)21(10)17/h2-9H,1H3. The van der Waals surface area contributed by atoms with Crippen LogP contribution in [0.4, 0.5) is 0 Å². The zero-order chi connectivity index (χ0) is 15.6. The second-order valence-electron chi connectivity index (χ2n) is 5.53. The zero-order valence-corrected chi connectivity index (χ0v) is 12.3. The number of para-hydroxylation sites is 3. The minimum absolute atomic E-state index is 0.102. The van der Waals surface area contributed by atoms with Crippen LogP contribution in [0, 0.1) is 6.92 Å². The smallest absolute Gasteiger partial charge is 0.236 e. The third-order valence-corrected chi connectivity index (χ3v) is 4.15. The second kappa shape index (κ2) is 4.16. The van der Waals surface area contributed by atoms with Gasteiger partial charge in [-0.3, -0.25) is 9.20 Å². The fourth-order valence-electron chi connectivity index (χ4n) is 3.12. The molecule has 0 radical (unpaired) electrons. The Bertz CT molecular complexity index is 1300. The van der Waals surface area contributed by atoms with Crippen molar-refractivity contribution >= 4 is 38.7 Å². The summed E-state index contributed by atoms with van der Waals surface area (Å²) in [5, 5.41) is 0.963. The van der Waals surface area contributed by atoms with Gasteiger partial charge in [0.1, 0.15) is 16.8 Å². The van der Waals surface area contributed by atoms with E-state index < -0.39 is 0 Å². The molecule has 0 N–H and O–H groups in total. The van der Waals surface area contributed by atoms with Gasteiger partial charge in [-0.05, 0) is 31.2 Å². The number of rotatable bonds is 0. The Morgan fingerprint density at radius 3 is 2.70 bits per heavy atom. The SMILES string of the molecule is Cc1nc2oc3ccccc3c(=O)c2c2nc3ccccc3n12. The van der Waals surface area contributed by atoms with Crippen LogP contribution >= 0.6 is 0 Å². The van der Waals surface area contributed by atoms with E-state index in [1.165, 1.54) is 0 Å². The van der Waals surface area contributed by atoms with Crippen molar-refractivity contribution < 1.29 is 4.42 Å². The highest BCUT2D eigenvalue weighted by molar-refractivity contribution is 5.98. The molecule has 5 rings (SSSR count). The van der Waals surface area contributed by atoms with Crippen molar-refractivity contribution in [3.05, 3.63) is 64.6 Å². The second-order valence-corrected chi connectivity index (χ2v) is 5.53. The van der Waals surface area contributed by atoms with E-state index in [1.807, 2.05) is 47.7 Å². The molecule has 0 saturated carbocycles. The summed E-state index contributed by atoms with van der Waals surface area (Å²) in [6.45, 7) is 1.88. The highest BCUT2D eigenvalue weighted by Gasteiger charge is 2.17. The van der Waals surface area contributed by atoms with Crippen LogP contribution in [-0.4, -0.2) is 14.4 Å². The Morgan fingerprint density at radius 2 is 1.78 bits per heavy atom. The van der Waals surface area contributed by atoms with E-state index in [9.17, 15) is 4.79 Å². The van der Waals surface area contributed by atoms with Gasteiger partial charge < -0.3 is 4.42 Å². The van der Waals surface area contributed by atoms with Crippen molar-refractivity contribution in [3.63, 3.8) is 0 Å². The lowest BCUT2D eigenvalue weighted by Crippen LogP contribution is -2.07. The first kappa shape index (κ1) is 12.3. The molecule has 0 aliphatic rings. The molecule has 23 heavy (non-hydrogen) atoms. The molecular formula is C18H11N3O2. The normalized spacial score (nSPS) is 11.9. The van der Waals surface area contributed by atoms with Crippen LogP contribution in [-0.2, 0) is 0 Å². The topological polar surface area (TPSA) is 60.4 Å². The highest BCUT2D eigenvalue weighted by Crippen LogP contribution is 2.24. The molecule has 110 valence electrons. The number of imidazole rings is 1. The molecule has 0 fully saturated rings. The summed E-state index contributed by atoms with van der Waals surface area (Å²) in [5.74, 6) is 0.736. The fourth-order valence-corrected chi connectivity index (χ4v) is 3.12. The predicted molar refractivity (Wildman–Crippen MR) is 88.8 cm³/mol. The molecule has 0 amide bonds. The molecule has 3 heterocycles. The predicted octanol–water partition coefficient (Wildman–Crippen LogP) is 3.45. The van der Waals surface area contributed by atoms with Crippen molar-refractivity contribution in [1.29, 1.82) is 0 Å². The summed E-state index contributed by atoms with van der Waals surface area (Å²) < 4.78 is 7.75. The molecule has 5 nitrogen and oxygen atoms in total. The van der Waals surface area contributed by atoms with Gasteiger partial charge in [-0.15, -0.1) is 0 Å². The summed E-state index contributed by atoms with van der Waals surface area (Å²) in [6, 6.07) is 15.0. The molecular weight excluding hydrogens is 290 g/mol. The van der Waals surface area contributed by atoms with Crippen LogP contribution in [0.1, 0.15) is 5.82 Å². The number of aromatic nitrogens is 3. The maximum absolute atomic E-state index is 12.9. The average molecular weight is 301 g/mol. The van der Waals surface area contributed by atoms with Crippen molar-refractivity contribution in [2.24, 2.45) is 0 Å². The average Bonchev–Trinajstić information content (AvgIpc) is 2.94. The van der Waals surface area contributed by atoms with Crippen LogP contribution in [0.15, 0.2) is 57.7 Å². The summed E-state index contributed by atoms with van der Waals surface area (Å²) in [4.78, 5) is 22.1. The molecule has 0 saturated heterocycles. The van der Waals surface area contributed by atoms with Gasteiger partial charge in [-0.2, -0.15) is 4.98 Å². The van der Waals surface area contributed by atoms with Crippen LogP contribution in [0.2, 0.25) is 0 Å². The Labute approximate surface area is 129 Å². The van der Waals surface area contributed by atoms with Crippen molar-refractivity contribution in [1.82, 2.24) is 14.4 Å². The fraction of sp³-hybridized carbons (Fsp3) is 0.0556. The minimum Gasteiger partial charge on any atom is -0.437 e. The first-order valence-electron chi connectivity index (χ1n) is 7.33. The Morgan fingerprint density at radius 1 is 1.00 bits per heavy atom. The first-order chi connectivity index (χ1) is 11.2. The lowest BCUT2D eigenvalue weighted by Gasteiger charge is -2.05. The van der Waals surface area contributed by atoms with E-state index in [4.69, 9.17) is 4.42 Å². The number of hydrogen-bond donors (Lipinski definition) is 0. The van der Waals surface area contributed by atoms with Gasteiger partial charge in [0.15, 0.2) is 5.65 Å². The van der Waals surface area contributed by atoms with E-state index in [0.717, 1.165) is 16.9 Å². The van der Waals surface area contributed by atoms with Gasteiger partial charge in [-0.1, -0.05) is 24.3 Å². The summed E-state index contributed by atoms with van der Waals surface area (Å²) in [6.07, 6.45) is 0. The monoisotopic (exact) mass is 301 g/mol. The highest BCUT2D eigenvalue weighted by atomic mass is 16.3. The lowest BCUT2D eigenvalue weighted by molar-refractivity contribution is 0.641. The van der Waals surface area contributed by atoms with Crippen molar-refractivity contribution in [2.75, 3.05) is 0 Å². The maximum atomic E-state index is 12.9. The third-order valence-electron chi connectivity index (χ3n) is 4.15. The van der Waals surface area contributed by atoms with Gasteiger partial charge in [0.25, 0.3) is 0 Å². The molecule has 5 heteroatoms. The first-order valence-corrected chi connectivity index (χ1v) is 7.33. The quantitative estimate of drug-likeness (QED) is 0.411. The number of aryl methyl sites for hydroxylation is 1.